The van der Waals surface area contributed by atoms with Gasteiger partial charge in [0.1, 0.15) is 11.5 Å². The van der Waals surface area contributed by atoms with Gasteiger partial charge in [0.05, 0.1) is 13.7 Å². The number of nitrogens with zero attached hydrogens (tertiary/aromatic N) is 1. The molecule has 0 aliphatic heterocycles. The van der Waals surface area contributed by atoms with Crippen molar-refractivity contribution in [2.75, 3.05) is 32.1 Å². The molecule has 0 bridgehead atoms. The molecule has 0 spiro atoms. The Balaban J connectivity index is 1.89. The van der Waals surface area contributed by atoms with Crippen molar-refractivity contribution in [1.82, 2.24) is 4.90 Å². The molecule has 6 nitrogen and oxygen atoms in total. The number of aryl methyl sites for hydroxylation is 2. The van der Waals surface area contributed by atoms with E-state index in [2.05, 4.69) is 5.32 Å². The molecule has 2 rings (SSSR count). The summed E-state index contributed by atoms with van der Waals surface area (Å²) in [4.78, 5) is 26.1. The van der Waals surface area contributed by atoms with Gasteiger partial charge < -0.3 is 19.7 Å². The molecule has 0 unspecified atom stereocenters. The number of nitrogens with one attached hydrogen (secondary N) is 1. The van der Waals surface area contributed by atoms with Crippen molar-refractivity contribution >= 4 is 17.5 Å². The van der Waals surface area contributed by atoms with E-state index in [4.69, 9.17) is 9.47 Å². The molecular weight excluding hydrogens is 344 g/mol. The number of carbonyl (C=O) groups is 2. The van der Waals surface area contributed by atoms with Crippen LogP contribution in [0.4, 0.5) is 5.69 Å². The Morgan fingerprint density at radius 3 is 2.48 bits per heavy atom. The van der Waals surface area contributed by atoms with Gasteiger partial charge in [0.15, 0.2) is 6.61 Å². The van der Waals surface area contributed by atoms with E-state index in [9.17, 15) is 9.59 Å². The number of methoxy groups -OCH3 is 1. The summed E-state index contributed by atoms with van der Waals surface area (Å²) in [5.41, 5.74) is 2.89. The second-order valence-corrected chi connectivity index (χ2v) is 6.22. The summed E-state index contributed by atoms with van der Waals surface area (Å²) in [6.45, 7) is 6.11. The molecular formula is C21H26N2O4. The van der Waals surface area contributed by atoms with Crippen molar-refractivity contribution in [2.24, 2.45) is 0 Å². The van der Waals surface area contributed by atoms with Gasteiger partial charge in [-0.05, 0) is 56.2 Å². The summed E-state index contributed by atoms with van der Waals surface area (Å²) >= 11 is 0. The first-order chi connectivity index (χ1) is 12.9. The van der Waals surface area contributed by atoms with Crippen LogP contribution in [-0.2, 0) is 9.59 Å². The number of anilines is 1. The zero-order valence-corrected chi connectivity index (χ0v) is 16.2. The fourth-order valence-electron chi connectivity index (χ4n) is 2.49. The summed E-state index contributed by atoms with van der Waals surface area (Å²) in [6, 6.07) is 12.8. The Bertz CT molecular complexity index is 805. The van der Waals surface area contributed by atoms with Gasteiger partial charge in [0.25, 0.3) is 5.91 Å². The summed E-state index contributed by atoms with van der Waals surface area (Å²) in [5.74, 6) is 0.780. The van der Waals surface area contributed by atoms with E-state index in [-0.39, 0.29) is 25.0 Å². The lowest BCUT2D eigenvalue weighted by atomic mass is 10.1. The van der Waals surface area contributed by atoms with Gasteiger partial charge >= 0.3 is 0 Å². The molecule has 0 heterocycles. The topological polar surface area (TPSA) is 67.9 Å². The van der Waals surface area contributed by atoms with Crippen LogP contribution in [0.3, 0.4) is 0 Å². The number of carbonyl (C=O) groups excluding carboxylic acids is 2. The number of hydrogen-bond acceptors (Lipinski definition) is 4. The monoisotopic (exact) mass is 370 g/mol. The molecule has 0 aliphatic rings. The fourth-order valence-corrected chi connectivity index (χ4v) is 2.49. The minimum absolute atomic E-state index is 0.0389. The Morgan fingerprint density at radius 1 is 1.04 bits per heavy atom. The molecule has 0 aliphatic carbocycles. The average Bonchev–Trinajstić information content (AvgIpc) is 2.66. The lowest BCUT2D eigenvalue weighted by molar-refractivity contribution is -0.136. The van der Waals surface area contributed by atoms with Crippen LogP contribution in [0.5, 0.6) is 11.5 Å². The van der Waals surface area contributed by atoms with Crippen LogP contribution < -0.4 is 14.8 Å². The predicted octanol–water partition coefficient (Wildman–Crippen LogP) is 3.18. The van der Waals surface area contributed by atoms with Crippen molar-refractivity contribution in [2.45, 2.75) is 20.8 Å². The Hall–Kier alpha value is -3.02. The van der Waals surface area contributed by atoms with E-state index < -0.39 is 0 Å². The SMILES string of the molecule is CCN(CC(=O)Nc1cccc(OC)c1)C(=O)COc1ccc(C)c(C)c1. The minimum Gasteiger partial charge on any atom is -0.497 e. The zero-order chi connectivity index (χ0) is 19.8. The van der Waals surface area contributed by atoms with Crippen LogP contribution in [0.2, 0.25) is 0 Å². The number of hydrogen-bond donors (Lipinski definition) is 1. The maximum Gasteiger partial charge on any atom is 0.260 e. The third-order valence-electron chi connectivity index (χ3n) is 4.26. The van der Waals surface area contributed by atoms with Gasteiger partial charge in [-0.25, -0.2) is 0 Å². The van der Waals surface area contributed by atoms with Crippen LogP contribution in [0, 0.1) is 13.8 Å². The summed E-state index contributed by atoms with van der Waals surface area (Å²) < 4.78 is 10.7. The second-order valence-electron chi connectivity index (χ2n) is 6.22. The predicted molar refractivity (Wildman–Crippen MR) is 105 cm³/mol. The first kappa shape index (κ1) is 20.3. The highest BCUT2D eigenvalue weighted by Crippen LogP contribution is 2.17. The van der Waals surface area contributed by atoms with Crippen molar-refractivity contribution in [3.63, 3.8) is 0 Å². The van der Waals surface area contributed by atoms with Crippen LogP contribution in [0.25, 0.3) is 0 Å². The minimum atomic E-state index is -0.273. The molecule has 0 saturated heterocycles. The summed E-state index contributed by atoms with van der Waals surface area (Å²) in [6.07, 6.45) is 0. The number of amides is 2. The van der Waals surface area contributed by atoms with E-state index in [1.165, 1.54) is 4.90 Å². The van der Waals surface area contributed by atoms with Crippen molar-refractivity contribution < 1.29 is 19.1 Å². The van der Waals surface area contributed by atoms with Crippen LogP contribution in [-0.4, -0.2) is 43.5 Å². The van der Waals surface area contributed by atoms with Crippen LogP contribution in [0.15, 0.2) is 42.5 Å². The molecule has 2 aromatic rings. The first-order valence-corrected chi connectivity index (χ1v) is 8.84. The van der Waals surface area contributed by atoms with E-state index in [1.54, 1.807) is 31.4 Å². The van der Waals surface area contributed by atoms with Crippen LogP contribution in [0.1, 0.15) is 18.1 Å². The third kappa shape index (κ3) is 6.02. The highest BCUT2D eigenvalue weighted by atomic mass is 16.5. The van der Waals surface area contributed by atoms with Gasteiger partial charge in [-0.1, -0.05) is 12.1 Å². The molecule has 0 fully saturated rings. The molecule has 144 valence electrons. The molecule has 6 heteroatoms. The van der Waals surface area contributed by atoms with E-state index in [0.717, 1.165) is 11.1 Å². The highest BCUT2D eigenvalue weighted by molar-refractivity contribution is 5.94. The summed E-state index contributed by atoms with van der Waals surface area (Å²) in [7, 11) is 1.56. The number of ether oxygens (including phenoxy) is 2. The quantitative estimate of drug-likeness (QED) is 0.775. The molecule has 2 aromatic carbocycles. The maximum absolute atomic E-state index is 12.4. The second kappa shape index (κ2) is 9.62. The Morgan fingerprint density at radius 2 is 1.81 bits per heavy atom. The standard InChI is InChI=1S/C21H26N2O4/c1-5-23(13-20(24)22-17-7-6-8-18(12-17)26-4)21(25)14-27-19-10-9-15(2)16(3)11-19/h6-12H,5,13-14H2,1-4H3,(H,22,24). The lowest BCUT2D eigenvalue weighted by Gasteiger charge is -2.20. The van der Waals surface area contributed by atoms with Gasteiger partial charge in [-0.2, -0.15) is 0 Å². The Labute approximate surface area is 160 Å². The largest absolute Gasteiger partial charge is 0.497 e. The summed E-state index contributed by atoms with van der Waals surface area (Å²) in [5, 5.41) is 2.77. The Kier molecular flexibility index (Phi) is 7.23. The number of benzene rings is 2. The van der Waals surface area contributed by atoms with Gasteiger partial charge in [-0.15, -0.1) is 0 Å². The molecule has 2 amide bonds. The number of likely N-dealkylation sites (N-methyl/N-ethyl adjacent to an activating group) is 1. The molecule has 27 heavy (non-hydrogen) atoms. The van der Waals surface area contributed by atoms with E-state index >= 15 is 0 Å². The first-order valence-electron chi connectivity index (χ1n) is 8.84. The van der Waals surface area contributed by atoms with Gasteiger partial charge in [-0.3, -0.25) is 9.59 Å². The van der Waals surface area contributed by atoms with Crippen molar-refractivity contribution in [3.8, 4) is 11.5 Å². The zero-order valence-electron chi connectivity index (χ0n) is 16.2. The molecule has 0 atom stereocenters. The van der Waals surface area contributed by atoms with Gasteiger partial charge in [0, 0.05) is 18.3 Å². The molecule has 0 radical (unpaired) electrons. The number of rotatable bonds is 8. The van der Waals surface area contributed by atoms with Crippen molar-refractivity contribution in [1.29, 1.82) is 0 Å². The van der Waals surface area contributed by atoms with Gasteiger partial charge in [0.2, 0.25) is 5.91 Å². The molecule has 1 N–H and O–H groups in total. The van der Waals surface area contributed by atoms with Crippen LogP contribution >= 0.6 is 0 Å². The third-order valence-corrected chi connectivity index (χ3v) is 4.26. The van der Waals surface area contributed by atoms with E-state index in [0.29, 0.717) is 23.7 Å². The smallest absolute Gasteiger partial charge is 0.260 e. The maximum atomic E-state index is 12.4. The van der Waals surface area contributed by atoms with Crippen molar-refractivity contribution in [3.05, 3.63) is 53.6 Å². The molecule has 0 aromatic heterocycles. The molecule has 0 saturated carbocycles. The fraction of sp³-hybridized carbons (Fsp3) is 0.333. The average molecular weight is 370 g/mol. The normalized spacial score (nSPS) is 10.2. The highest BCUT2D eigenvalue weighted by Gasteiger charge is 2.16. The lowest BCUT2D eigenvalue weighted by Crippen LogP contribution is -2.40. The van der Waals surface area contributed by atoms with E-state index in [1.807, 2.05) is 39.0 Å².